The van der Waals surface area contributed by atoms with Crippen molar-refractivity contribution in [3.05, 3.63) is 17.7 Å². The Balaban J connectivity index is 2.30. The van der Waals surface area contributed by atoms with E-state index >= 15 is 0 Å². The summed E-state index contributed by atoms with van der Waals surface area (Å²) in [6.45, 7) is 10.7. The highest BCUT2D eigenvalue weighted by atomic mass is 15.2. The van der Waals surface area contributed by atoms with Gasteiger partial charge in [-0.05, 0) is 39.7 Å². The molecular weight excluding hydrogens is 248 g/mol. The Labute approximate surface area is 123 Å². The second kappa shape index (κ2) is 6.53. The van der Waals surface area contributed by atoms with E-state index in [0.29, 0.717) is 12.0 Å². The van der Waals surface area contributed by atoms with Crippen LogP contribution in [0.5, 0.6) is 0 Å². The van der Waals surface area contributed by atoms with Gasteiger partial charge in [-0.2, -0.15) is 0 Å². The first-order valence-corrected chi connectivity index (χ1v) is 7.80. The topological polar surface area (TPSA) is 41.1 Å². The van der Waals surface area contributed by atoms with Crippen LogP contribution in [0.15, 0.2) is 6.20 Å². The van der Waals surface area contributed by atoms with Gasteiger partial charge < -0.3 is 10.2 Å². The smallest absolute Gasteiger partial charge is 0.131 e. The van der Waals surface area contributed by atoms with E-state index in [1.165, 1.54) is 18.5 Å². The molecule has 0 radical (unpaired) electrons. The third kappa shape index (κ3) is 3.69. The molecule has 0 aromatic carbocycles. The first-order chi connectivity index (χ1) is 9.52. The summed E-state index contributed by atoms with van der Waals surface area (Å²) in [6, 6.07) is 0.486. The van der Waals surface area contributed by atoms with Gasteiger partial charge >= 0.3 is 0 Å². The maximum absolute atomic E-state index is 4.78. The van der Waals surface area contributed by atoms with Gasteiger partial charge in [0.2, 0.25) is 0 Å². The zero-order chi connectivity index (χ0) is 14.7. The molecular formula is C16H28N4. The fourth-order valence-electron chi connectivity index (χ4n) is 2.41. The molecule has 1 heterocycles. The summed E-state index contributed by atoms with van der Waals surface area (Å²) >= 11 is 0. The number of hydrogen-bond donors (Lipinski definition) is 1. The lowest BCUT2D eigenvalue weighted by Gasteiger charge is -2.30. The van der Waals surface area contributed by atoms with Gasteiger partial charge in [-0.25, -0.2) is 9.97 Å². The minimum atomic E-state index is 0.371. The molecule has 1 aliphatic carbocycles. The molecule has 4 heteroatoms. The molecule has 0 saturated heterocycles. The van der Waals surface area contributed by atoms with Crippen molar-refractivity contribution in [1.29, 1.82) is 0 Å². The molecule has 1 N–H and O–H groups in total. The van der Waals surface area contributed by atoms with Crippen LogP contribution >= 0.6 is 0 Å². The molecule has 2 rings (SSSR count). The van der Waals surface area contributed by atoms with Gasteiger partial charge in [0.05, 0.1) is 17.6 Å². The van der Waals surface area contributed by atoms with Crippen molar-refractivity contribution in [2.24, 2.45) is 5.92 Å². The minimum Gasteiger partial charge on any atom is -0.366 e. The Morgan fingerprint density at radius 1 is 1.30 bits per heavy atom. The van der Waals surface area contributed by atoms with Crippen LogP contribution in [-0.2, 0) is 6.54 Å². The van der Waals surface area contributed by atoms with Crippen molar-refractivity contribution in [3.8, 4) is 0 Å². The van der Waals surface area contributed by atoms with Gasteiger partial charge in [-0.1, -0.05) is 13.8 Å². The number of nitrogens with one attached hydrogen (secondary N) is 1. The van der Waals surface area contributed by atoms with E-state index in [1.807, 2.05) is 13.2 Å². The van der Waals surface area contributed by atoms with Gasteiger partial charge in [-0.3, -0.25) is 0 Å². The van der Waals surface area contributed by atoms with Crippen LogP contribution in [0, 0.1) is 5.92 Å². The van der Waals surface area contributed by atoms with E-state index in [2.05, 4.69) is 42.9 Å². The number of nitrogens with zero attached hydrogens (tertiary/aromatic N) is 3. The lowest BCUT2D eigenvalue weighted by Crippen LogP contribution is -2.34. The first kappa shape index (κ1) is 15.2. The van der Waals surface area contributed by atoms with Crippen LogP contribution in [0.25, 0.3) is 0 Å². The van der Waals surface area contributed by atoms with Crippen molar-refractivity contribution in [2.75, 3.05) is 18.5 Å². The molecule has 1 aromatic rings. The Morgan fingerprint density at radius 3 is 2.50 bits per heavy atom. The Hall–Kier alpha value is -1.16. The van der Waals surface area contributed by atoms with Crippen LogP contribution in [-0.4, -0.2) is 29.6 Å². The van der Waals surface area contributed by atoms with Crippen LogP contribution in [0.3, 0.4) is 0 Å². The quantitative estimate of drug-likeness (QED) is 0.831. The number of rotatable bonds is 7. The van der Waals surface area contributed by atoms with E-state index in [9.17, 15) is 0 Å². The highest BCUT2D eigenvalue weighted by molar-refractivity contribution is 5.50. The molecule has 1 aliphatic rings. The SMILES string of the molecule is CNCc1nc(C(C)C)ncc1N(CC1CC1)C(C)C. The van der Waals surface area contributed by atoms with Gasteiger partial charge in [0.25, 0.3) is 0 Å². The fraction of sp³-hybridized carbons (Fsp3) is 0.750. The lowest BCUT2D eigenvalue weighted by atomic mass is 10.1. The van der Waals surface area contributed by atoms with Gasteiger partial charge in [0.1, 0.15) is 5.82 Å². The van der Waals surface area contributed by atoms with E-state index in [-0.39, 0.29) is 0 Å². The predicted molar refractivity (Wildman–Crippen MR) is 84.1 cm³/mol. The van der Waals surface area contributed by atoms with Crippen molar-refractivity contribution >= 4 is 5.69 Å². The van der Waals surface area contributed by atoms with Crippen molar-refractivity contribution < 1.29 is 0 Å². The lowest BCUT2D eigenvalue weighted by molar-refractivity contribution is 0.629. The molecule has 0 amide bonds. The second-order valence-corrected chi connectivity index (χ2v) is 6.43. The van der Waals surface area contributed by atoms with Crippen molar-refractivity contribution in [3.63, 3.8) is 0 Å². The first-order valence-electron chi connectivity index (χ1n) is 7.80. The van der Waals surface area contributed by atoms with Crippen LogP contribution in [0.1, 0.15) is 58.0 Å². The van der Waals surface area contributed by atoms with Crippen LogP contribution in [0.4, 0.5) is 5.69 Å². The molecule has 0 spiro atoms. The molecule has 0 atom stereocenters. The molecule has 1 fully saturated rings. The summed E-state index contributed by atoms with van der Waals surface area (Å²) in [4.78, 5) is 11.8. The largest absolute Gasteiger partial charge is 0.366 e. The summed E-state index contributed by atoms with van der Waals surface area (Å²) in [5, 5.41) is 3.24. The summed E-state index contributed by atoms with van der Waals surface area (Å²) in [6.07, 6.45) is 4.77. The predicted octanol–water partition coefficient (Wildman–Crippen LogP) is 2.94. The Morgan fingerprint density at radius 2 is 2.00 bits per heavy atom. The molecule has 20 heavy (non-hydrogen) atoms. The molecule has 4 nitrogen and oxygen atoms in total. The molecule has 0 unspecified atom stereocenters. The highest BCUT2D eigenvalue weighted by Gasteiger charge is 2.27. The minimum absolute atomic E-state index is 0.371. The maximum Gasteiger partial charge on any atom is 0.131 e. The average molecular weight is 276 g/mol. The standard InChI is InChI=1S/C16H28N4/c1-11(2)16-18-9-15(14(19-16)8-17-5)20(12(3)4)10-13-6-7-13/h9,11-13,17H,6-8,10H2,1-5H3. The zero-order valence-corrected chi connectivity index (χ0v) is 13.5. The maximum atomic E-state index is 4.78. The van der Waals surface area contributed by atoms with Gasteiger partial charge in [-0.15, -0.1) is 0 Å². The molecule has 1 aromatic heterocycles. The summed E-state index contributed by atoms with van der Waals surface area (Å²) in [5.41, 5.74) is 2.33. The normalized spacial score (nSPS) is 15.2. The van der Waals surface area contributed by atoms with E-state index < -0.39 is 0 Å². The molecule has 1 saturated carbocycles. The van der Waals surface area contributed by atoms with Crippen molar-refractivity contribution in [2.45, 2.75) is 59.0 Å². The average Bonchev–Trinajstić information content (AvgIpc) is 3.20. The van der Waals surface area contributed by atoms with E-state index in [0.717, 1.165) is 30.5 Å². The van der Waals surface area contributed by atoms with Gasteiger partial charge in [0, 0.05) is 25.0 Å². The number of anilines is 1. The number of aromatic nitrogens is 2. The third-order valence-electron chi connectivity index (χ3n) is 3.81. The fourth-order valence-corrected chi connectivity index (χ4v) is 2.41. The zero-order valence-electron chi connectivity index (χ0n) is 13.5. The third-order valence-corrected chi connectivity index (χ3v) is 3.81. The van der Waals surface area contributed by atoms with Crippen molar-refractivity contribution in [1.82, 2.24) is 15.3 Å². The van der Waals surface area contributed by atoms with Gasteiger partial charge in [0.15, 0.2) is 0 Å². The Bertz CT molecular complexity index is 438. The summed E-state index contributed by atoms with van der Waals surface area (Å²) in [5.74, 6) is 2.18. The second-order valence-electron chi connectivity index (χ2n) is 6.43. The Kier molecular flexibility index (Phi) is 4.97. The highest BCUT2D eigenvalue weighted by Crippen LogP contribution is 2.33. The molecule has 0 bridgehead atoms. The monoisotopic (exact) mass is 276 g/mol. The van der Waals surface area contributed by atoms with Crippen LogP contribution in [0.2, 0.25) is 0 Å². The summed E-state index contributed by atoms with van der Waals surface area (Å²) in [7, 11) is 1.97. The molecule has 112 valence electrons. The van der Waals surface area contributed by atoms with E-state index in [1.54, 1.807) is 0 Å². The summed E-state index contributed by atoms with van der Waals surface area (Å²) < 4.78 is 0. The van der Waals surface area contributed by atoms with E-state index in [4.69, 9.17) is 4.98 Å². The van der Waals surface area contributed by atoms with Crippen LogP contribution < -0.4 is 10.2 Å². The molecule has 0 aliphatic heterocycles. The number of hydrogen-bond acceptors (Lipinski definition) is 4.